The predicted molar refractivity (Wildman–Crippen MR) is 136 cm³/mol. The largest absolute Gasteiger partial charge is 0.435 e. The molecule has 35 heavy (non-hydrogen) atoms. The SMILES string of the molecule is C=Cc1cc(C2=NOC(c3cc(Cl)cc(Cl)c3)(C(F)(F)F)C2)ccc1C(=O)CCCC1=NCCS1. The zero-order chi connectivity index (χ0) is 25.2. The molecule has 10 heteroatoms. The number of thioether (sulfide) groups is 1. The van der Waals surface area contributed by atoms with E-state index in [4.69, 9.17) is 28.0 Å². The lowest BCUT2D eigenvalue weighted by molar-refractivity contribution is -0.275. The van der Waals surface area contributed by atoms with Gasteiger partial charge in [0.15, 0.2) is 5.78 Å². The molecule has 0 aromatic heterocycles. The van der Waals surface area contributed by atoms with E-state index < -0.39 is 18.2 Å². The van der Waals surface area contributed by atoms with E-state index in [1.807, 2.05) is 0 Å². The van der Waals surface area contributed by atoms with Gasteiger partial charge in [-0.15, -0.1) is 11.8 Å². The molecule has 2 aromatic carbocycles. The fourth-order valence-electron chi connectivity index (χ4n) is 4.08. The Balaban J connectivity index is 1.55. The molecule has 4 rings (SSSR count). The minimum atomic E-state index is -4.79. The second-order valence-electron chi connectivity index (χ2n) is 8.20. The lowest BCUT2D eigenvalue weighted by Gasteiger charge is -2.29. The summed E-state index contributed by atoms with van der Waals surface area (Å²) in [5.74, 6) is 0.928. The van der Waals surface area contributed by atoms with Gasteiger partial charge in [-0.05, 0) is 42.7 Å². The molecule has 0 spiro atoms. The Morgan fingerprint density at radius 3 is 2.57 bits per heavy atom. The minimum Gasteiger partial charge on any atom is -0.374 e. The van der Waals surface area contributed by atoms with Crippen LogP contribution in [-0.4, -0.2) is 35.0 Å². The highest BCUT2D eigenvalue weighted by Crippen LogP contribution is 2.49. The number of nitrogens with zero attached hydrogens (tertiary/aromatic N) is 2. The molecule has 0 saturated carbocycles. The lowest BCUT2D eigenvalue weighted by atomic mass is 9.86. The van der Waals surface area contributed by atoms with Crippen LogP contribution in [0.5, 0.6) is 0 Å². The molecular weight excluding hydrogens is 520 g/mol. The van der Waals surface area contributed by atoms with Crippen molar-refractivity contribution in [2.24, 2.45) is 10.1 Å². The van der Waals surface area contributed by atoms with Gasteiger partial charge in [-0.25, -0.2) is 0 Å². The van der Waals surface area contributed by atoms with Crippen molar-refractivity contribution in [3.8, 4) is 0 Å². The maximum Gasteiger partial charge on any atom is 0.435 e. The Labute approximate surface area is 215 Å². The molecule has 0 aliphatic carbocycles. The topological polar surface area (TPSA) is 51.0 Å². The number of aliphatic imine (C=N–C) groups is 1. The molecule has 1 atom stereocenters. The fraction of sp³-hybridized carbons (Fsp3) is 0.320. The molecular formula is C25H21Cl2F3N2O2S. The molecule has 2 aliphatic heterocycles. The van der Waals surface area contributed by atoms with Crippen LogP contribution < -0.4 is 0 Å². The summed E-state index contributed by atoms with van der Waals surface area (Å²) in [6, 6.07) is 8.48. The zero-order valence-electron chi connectivity index (χ0n) is 18.5. The Morgan fingerprint density at radius 2 is 1.94 bits per heavy atom. The number of Topliss-reactive ketones (excluding diaryl/α,β-unsaturated/α-hetero) is 1. The van der Waals surface area contributed by atoms with Gasteiger partial charge in [-0.2, -0.15) is 13.2 Å². The van der Waals surface area contributed by atoms with Crippen LogP contribution in [0.2, 0.25) is 10.0 Å². The minimum absolute atomic E-state index is 0.0575. The highest BCUT2D eigenvalue weighted by Gasteiger charge is 2.62. The first-order valence-electron chi connectivity index (χ1n) is 10.9. The number of hydrogen-bond acceptors (Lipinski definition) is 5. The number of rotatable bonds is 8. The number of oxime groups is 1. The molecule has 0 saturated heterocycles. The summed E-state index contributed by atoms with van der Waals surface area (Å²) < 4.78 is 42.7. The molecule has 184 valence electrons. The van der Waals surface area contributed by atoms with E-state index in [1.165, 1.54) is 24.3 Å². The monoisotopic (exact) mass is 540 g/mol. The molecule has 1 unspecified atom stereocenters. The predicted octanol–water partition coefficient (Wildman–Crippen LogP) is 7.72. The third-order valence-corrected chi connectivity index (χ3v) is 7.35. The molecule has 2 aliphatic rings. The van der Waals surface area contributed by atoms with Gasteiger partial charge in [0.2, 0.25) is 0 Å². The van der Waals surface area contributed by atoms with Crippen molar-refractivity contribution in [3.63, 3.8) is 0 Å². The summed E-state index contributed by atoms with van der Waals surface area (Å²) in [5.41, 5.74) is -1.46. The van der Waals surface area contributed by atoms with Gasteiger partial charge in [0, 0.05) is 51.9 Å². The summed E-state index contributed by atoms with van der Waals surface area (Å²) in [7, 11) is 0. The van der Waals surface area contributed by atoms with E-state index in [0.717, 1.165) is 23.8 Å². The molecule has 0 fully saturated rings. The maximum atomic E-state index is 14.2. The molecule has 2 aromatic rings. The van der Waals surface area contributed by atoms with Crippen molar-refractivity contribution in [3.05, 3.63) is 75.3 Å². The lowest BCUT2D eigenvalue weighted by Crippen LogP contribution is -2.42. The first kappa shape index (κ1) is 25.8. The average Bonchev–Trinajstić information content (AvgIpc) is 3.48. The van der Waals surface area contributed by atoms with E-state index in [2.05, 4.69) is 16.7 Å². The van der Waals surface area contributed by atoms with Crippen molar-refractivity contribution in [2.75, 3.05) is 12.3 Å². The summed E-state index contributed by atoms with van der Waals surface area (Å²) in [4.78, 5) is 22.2. The second-order valence-corrected chi connectivity index (χ2v) is 10.2. The highest BCUT2D eigenvalue weighted by molar-refractivity contribution is 8.14. The standard InChI is InChI=1S/C25H21Cl2F3N2O2S/c1-2-15-10-16(6-7-20(15)22(33)4-3-5-23-31-8-9-35-23)21-14-24(34-32-21,25(28,29)30)17-11-18(26)13-19(27)12-17/h2,6-7,10-13H,1,3-5,8-9,14H2. The van der Waals surface area contributed by atoms with Gasteiger partial charge in [0.1, 0.15) is 0 Å². The van der Waals surface area contributed by atoms with Gasteiger partial charge in [-0.1, -0.05) is 53.1 Å². The number of halogens is 5. The maximum absolute atomic E-state index is 14.2. The van der Waals surface area contributed by atoms with E-state index >= 15 is 0 Å². The van der Waals surface area contributed by atoms with Gasteiger partial charge >= 0.3 is 6.18 Å². The van der Waals surface area contributed by atoms with Gasteiger partial charge in [0.25, 0.3) is 5.60 Å². The third kappa shape index (κ3) is 5.44. The molecule has 0 amide bonds. The number of carbonyl (C=O) groups is 1. The molecule has 2 heterocycles. The molecule has 4 nitrogen and oxygen atoms in total. The third-order valence-electron chi connectivity index (χ3n) is 5.86. The van der Waals surface area contributed by atoms with E-state index in [-0.39, 0.29) is 27.1 Å². The number of alkyl halides is 3. The second kappa shape index (κ2) is 10.4. The fourth-order valence-corrected chi connectivity index (χ4v) is 5.49. The quantitative estimate of drug-likeness (QED) is 0.322. The Kier molecular flexibility index (Phi) is 7.64. The van der Waals surface area contributed by atoms with Crippen LogP contribution in [-0.2, 0) is 10.4 Å². The van der Waals surface area contributed by atoms with Crippen molar-refractivity contribution in [2.45, 2.75) is 37.5 Å². The van der Waals surface area contributed by atoms with Crippen LogP contribution in [0.3, 0.4) is 0 Å². The number of carbonyl (C=O) groups excluding carboxylic acids is 1. The smallest absolute Gasteiger partial charge is 0.374 e. The van der Waals surface area contributed by atoms with E-state index in [1.54, 1.807) is 30.0 Å². The zero-order valence-corrected chi connectivity index (χ0v) is 20.8. The molecule has 0 N–H and O–H groups in total. The first-order chi connectivity index (χ1) is 16.6. The summed E-state index contributed by atoms with van der Waals surface area (Å²) in [6.07, 6.45) is -2.06. The van der Waals surface area contributed by atoms with Gasteiger partial charge < -0.3 is 4.84 Å². The number of hydrogen-bond donors (Lipinski definition) is 0. The van der Waals surface area contributed by atoms with Crippen LogP contribution >= 0.6 is 35.0 Å². The van der Waals surface area contributed by atoms with Crippen molar-refractivity contribution >= 4 is 57.6 Å². The number of ketones is 1. The number of benzene rings is 2. The van der Waals surface area contributed by atoms with Crippen molar-refractivity contribution < 1.29 is 22.8 Å². The van der Waals surface area contributed by atoms with Gasteiger partial charge in [-0.3, -0.25) is 9.79 Å². The van der Waals surface area contributed by atoms with Crippen LogP contribution in [0.15, 0.2) is 53.1 Å². The Bertz CT molecular complexity index is 1210. The summed E-state index contributed by atoms with van der Waals surface area (Å²) in [5, 5.41) is 4.97. The van der Waals surface area contributed by atoms with Crippen LogP contribution in [0.25, 0.3) is 6.08 Å². The van der Waals surface area contributed by atoms with Gasteiger partial charge in [0.05, 0.1) is 10.8 Å². The molecule has 0 bridgehead atoms. The van der Waals surface area contributed by atoms with E-state index in [9.17, 15) is 18.0 Å². The van der Waals surface area contributed by atoms with E-state index in [0.29, 0.717) is 29.5 Å². The van der Waals surface area contributed by atoms with Crippen molar-refractivity contribution in [1.29, 1.82) is 0 Å². The average molecular weight is 541 g/mol. The summed E-state index contributed by atoms with van der Waals surface area (Å²) in [6.45, 7) is 4.59. The Hall–Kier alpha value is -2.29. The summed E-state index contributed by atoms with van der Waals surface area (Å²) >= 11 is 13.6. The Morgan fingerprint density at radius 1 is 1.20 bits per heavy atom. The van der Waals surface area contributed by atoms with Crippen LogP contribution in [0.1, 0.15) is 52.7 Å². The van der Waals surface area contributed by atoms with Crippen LogP contribution in [0.4, 0.5) is 13.2 Å². The highest BCUT2D eigenvalue weighted by atomic mass is 35.5. The normalized spacial score (nSPS) is 19.8. The first-order valence-corrected chi connectivity index (χ1v) is 12.6. The van der Waals surface area contributed by atoms with Crippen LogP contribution in [0, 0.1) is 0 Å². The van der Waals surface area contributed by atoms with Crippen molar-refractivity contribution in [1.82, 2.24) is 0 Å². The molecule has 0 radical (unpaired) electrons.